The lowest BCUT2D eigenvalue weighted by molar-refractivity contribution is -0.141. The number of benzene rings is 3. The molecule has 0 radical (unpaired) electrons. The van der Waals surface area contributed by atoms with Crippen LogP contribution in [0.5, 0.6) is 11.5 Å². The average Bonchev–Trinajstić information content (AvgIpc) is 3.27. The van der Waals surface area contributed by atoms with E-state index in [1.54, 1.807) is 49.5 Å². The molecule has 19 heteroatoms. The van der Waals surface area contributed by atoms with E-state index in [4.69, 9.17) is 31.9 Å². The number of fused-ring (bicyclic) bond motifs is 5. The second kappa shape index (κ2) is 22.0. The zero-order chi connectivity index (χ0) is 47.4. The number of carbonyl (C=O) groups is 5. The van der Waals surface area contributed by atoms with Crippen molar-refractivity contribution >= 4 is 29.7 Å². The fourth-order valence-corrected chi connectivity index (χ4v) is 7.24. The number of aromatic nitrogens is 2. The Balaban J connectivity index is 1.55. The van der Waals surface area contributed by atoms with E-state index in [2.05, 4.69) is 52.0 Å². The number of hydrogen-bond donors (Lipinski definition) is 8. The van der Waals surface area contributed by atoms with Crippen molar-refractivity contribution in [2.45, 2.75) is 77.2 Å². The van der Waals surface area contributed by atoms with Gasteiger partial charge in [0.1, 0.15) is 49.0 Å². The number of urea groups is 1. The highest BCUT2D eigenvalue weighted by Gasteiger charge is 2.36. The molecule has 19 nitrogen and oxygen atoms in total. The van der Waals surface area contributed by atoms with Crippen LogP contribution in [0.2, 0.25) is 0 Å². The van der Waals surface area contributed by atoms with Crippen LogP contribution in [0.3, 0.4) is 0 Å². The third-order valence-electron chi connectivity index (χ3n) is 10.7. The fraction of sp³-hybridized carbons (Fsp3) is 0.391. The summed E-state index contributed by atoms with van der Waals surface area (Å²) < 4.78 is 12.2. The Morgan fingerprint density at radius 2 is 1.57 bits per heavy atom. The number of nitriles is 1. The molecule has 344 valence electrons. The first kappa shape index (κ1) is 48.9. The molecule has 1 aromatic heterocycles. The molecule has 1 aliphatic rings. The van der Waals surface area contributed by atoms with Crippen LogP contribution < -0.4 is 53.3 Å². The molecule has 1 aliphatic heterocycles. The van der Waals surface area contributed by atoms with Gasteiger partial charge in [0, 0.05) is 49.4 Å². The predicted octanol–water partition coefficient (Wildman–Crippen LogP) is 2.02. The summed E-state index contributed by atoms with van der Waals surface area (Å²) in [5.74, 6) is -1.53. The number of nitrogens with zero attached hydrogens (tertiary/aromatic N) is 4. The second-order valence-electron chi connectivity index (χ2n) is 16.5. The fourth-order valence-electron chi connectivity index (χ4n) is 7.24. The number of likely N-dealkylation sites (N-methyl/N-ethyl adjacent to an activating group) is 1. The summed E-state index contributed by atoms with van der Waals surface area (Å²) in [6.45, 7) is 10.1. The van der Waals surface area contributed by atoms with Gasteiger partial charge in [-0.15, -0.1) is 0 Å². The van der Waals surface area contributed by atoms with E-state index < -0.39 is 54.0 Å². The van der Waals surface area contributed by atoms with Crippen molar-refractivity contribution < 1.29 is 33.4 Å². The first-order valence-corrected chi connectivity index (χ1v) is 21.2. The van der Waals surface area contributed by atoms with Gasteiger partial charge in [0.05, 0.1) is 11.3 Å². The number of aryl methyl sites for hydroxylation is 1. The average molecular weight is 891 g/mol. The summed E-state index contributed by atoms with van der Waals surface area (Å²) in [6.07, 6.45) is 1.94. The number of carbonyl (C=O) groups excluding carboxylic acids is 5. The Morgan fingerprint density at radius 3 is 2.17 bits per heavy atom. The number of amides is 6. The number of hydrogen-bond acceptors (Lipinski definition) is 13. The minimum absolute atomic E-state index is 0.000305. The maximum absolute atomic E-state index is 14.6. The van der Waals surface area contributed by atoms with E-state index in [1.807, 2.05) is 29.6 Å². The SMILES string of the molecule is Cc1nc(-c2ccc(C(C)(C)C)cc2)ncc1C(=O)N[C@@H](CCN)C(=O)N(C)[C@@H]1C(=O)N[C@@H](C)C(=O)N[C@H](NC(=O)NC#N)Cc2ccc(OCCN)c(c2)-c2cc1ccc2OCCN. The lowest BCUT2D eigenvalue weighted by Gasteiger charge is -2.32. The molecular formula is C46H58N12O7. The highest BCUT2D eigenvalue weighted by Crippen LogP contribution is 2.40. The highest BCUT2D eigenvalue weighted by atomic mass is 16.5. The largest absolute Gasteiger partial charge is 0.492 e. The standard InChI is InChI=1S/C46H58N12O7/c1-26-34(24-51-40(53-26)29-8-11-31(12-9-29)46(3,4)5)42(60)55-35(15-16-47)44(62)58(6)39-30-10-14-37(65-20-18-49)33(23-30)32-21-28(7-13-36(32)64-19-17-48)22-38(57-45(63)52-25-50)56-41(59)27(2)54-43(39)61/h7-14,21,23-24,27,35,38-39H,15-20,22,47-49H2,1-6H3,(H,54,61)(H,55,60)(H,56,59)(H2,52,57,63)/t27-,35-,38+,39-/m0/s1. The Morgan fingerprint density at radius 1 is 0.923 bits per heavy atom. The van der Waals surface area contributed by atoms with Crippen molar-refractivity contribution in [1.29, 1.82) is 5.26 Å². The highest BCUT2D eigenvalue weighted by molar-refractivity contribution is 5.99. The molecule has 4 bridgehead atoms. The topological polar surface area (TPSA) is 295 Å². The van der Waals surface area contributed by atoms with Crippen LogP contribution in [-0.4, -0.2) is 103 Å². The molecule has 4 atom stereocenters. The van der Waals surface area contributed by atoms with Crippen molar-refractivity contribution in [3.63, 3.8) is 0 Å². The third kappa shape index (κ3) is 12.3. The number of nitrogens with two attached hydrogens (primary N) is 3. The number of nitrogens with one attached hydrogen (secondary N) is 5. The normalized spacial score (nSPS) is 16.6. The Bertz CT molecular complexity index is 2410. The van der Waals surface area contributed by atoms with E-state index >= 15 is 0 Å². The molecule has 0 saturated heterocycles. The zero-order valence-corrected chi connectivity index (χ0v) is 37.5. The molecule has 0 aliphatic carbocycles. The van der Waals surface area contributed by atoms with Gasteiger partial charge < -0.3 is 52.8 Å². The van der Waals surface area contributed by atoms with Crippen molar-refractivity contribution in [2.24, 2.45) is 17.2 Å². The van der Waals surface area contributed by atoms with Crippen LogP contribution >= 0.6 is 0 Å². The van der Waals surface area contributed by atoms with Gasteiger partial charge in [-0.3, -0.25) is 19.2 Å². The Labute approximate surface area is 378 Å². The zero-order valence-electron chi connectivity index (χ0n) is 37.5. The lowest BCUT2D eigenvalue weighted by Crippen LogP contribution is -2.57. The van der Waals surface area contributed by atoms with Crippen LogP contribution in [0.25, 0.3) is 22.5 Å². The monoisotopic (exact) mass is 890 g/mol. The molecule has 6 amide bonds. The quantitative estimate of drug-likeness (QED) is 0.0665. The molecule has 5 rings (SSSR count). The van der Waals surface area contributed by atoms with Crippen LogP contribution in [-0.2, 0) is 26.2 Å². The summed E-state index contributed by atoms with van der Waals surface area (Å²) in [5, 5.41) is 21.8. The van der Waals surface area contributed by atoms with Crippen molar-refractivity contribution in [1.82, 2.24) is 41.5 Å². The maximum Gasteiger partial charge on any atom is 0.329 e. The molecule has 4 aromatic rings. The minimum atomic E-state index is -1.40. The summed E-state index contributed by atoms with van der Waals surface area (Å²) in [5.41, 5.74) is 21.9. The summed E-state index contributed by atoms with van der Waals surface area (Å²) in [6, 6.07) is 13.4. The molecule has 0 unspecified atom stereocenters. The maximum atomic E-state index is 14.6. The number of ether oxygens (including phenoxy) is 2. The van der Waals surface area contributed by atoms with E-state index in [0.29, 0.717) is 45.3 Å². The first-order chi connectivity index (χ1) is 31.0. The minimum Gasteiger partial charge on any atom is -0.492 e. The Kier molecular flexibility index (Phi) is 16.5. The van der Waals surface area contributed by atoms with E-state index in [0.717, 1.165) is 11.1 Å². The van der Waals surface area contributed by atoms with Crippen molar-refractivity contribution in [3.05, 3.63) is 94.8 Å². The third-order valence-corrected chi connectivity index (χ3v) is 10.7. The van der Waals surface area contributed by atoms with Gasteiger partial charge >= 0.3 is 6.03 Å². The number of rotatable bonds is 14. The Hall–Kier alpha value is -7.14. The van der Waals surface area contributed by atoms with Crippen LogP contribution in [0, 0.1) is 18.4 Å². The summed E-state index contributed by atoms with van der Waals surface area (Å²) in [7, 11) is 1.41. The van der Waals surface area contributed by atoms with Crippen LogP contribution in [0.4, 0.5) is 4.79 Å². The van der Waals surface area contributed by atoms with Gasteiger partial charge in [-0.1, -0.05) is 57.2 Å². The molecule has 0 saturated carbocycles. The molecule has 3 aromatic carbocycles. The van der Waals surface area contributed by atoms with E-state index in [9.17, 15) is 24.0 Å². The summed E-state index contributed by atoms with van der Waals surface area (Å²) in [4.78, 5) is 79.5. The van der Waals surface area contributed by atoms with Crippen molar-refractivity contribution in [2.75, 3.05) is 39.9 Å². The van der Waals surface area contributed by atoms with Crippen molar-refractivity contribution in [3.8, 4) is 40.2 Å². The van der Waals surface area contributed by atoms with Gasteiger partial charge in [-0.05, 0) is 73.2 Å². The van der Waals surface area contributed by atoms with Crippen LogP contribution in [0.1, 0.15) is 72.9 Å². The van der Waals surface area contributed by atoms with Gasteiger partial charge in [0.25, 0.3) is 5.91 Å². The first-order valence-electron chi connectivity index (χ1n) is 21.2. The van der Waals surface area contributed by atoms with Gasteiger partial charge in [-0.2, -0.15) is 5.26 Å². The predicted molar refractivity (Wildman–Crippen MR) is 243 cm³/mol. The molecule has 0 fully saturated rings. The van der Waals surface area contributed by atoms with Gasteiger partial charge in [0.15, 0.2) is 12.0 Å². The molecular weight excluding hydrogens is 833 g/mol. The molecule has 0 spiro atoms. The summed E-state index contributed by atoms with van der Waals surface area (Å²) >= 11 is 0. The molecule has 65 heavy (non-hydrogen) atoms. The molecule has 11 N–H and O–H groups in total. The van der Waals surface area contributed by atoms with E-state index in [-0.39, 0.29) is 56.7 Å². The molecule has 2 heterocycles. The van der Waals surface area contributed by atoms with E-state index in [1.165, 1.54) is 25.1 Å². The smallest absolute Gasteiger partial charge is 0.329 e. The van der Waals surface area contributed by atoms with Crippen LogP contribution in [0.15, 0.2) is 66.9 Å². The van der Waals surface area contributed by atoms with Gasteiger partial charge in [-0.25, -0.2) is 20.1 Å². The second-order valence-corrected chi connectivity index (χ2v) is 16.5. The van der Waals surface area contributed by atoms with Gasteiger partial charge in [0.2, 0.25) is 17.7 Å². The lowest BCUT2D eigenvalue weighted by atomic mass is 9.87.